The number of aromatic nitrogens is 1. The fraction of sp³-hybridized carbons (Fsp3) is 0.211. The number of fused-ring (bicyclic) bond motifs is 1. The number of aryl methyl sites for hydroxylation is 1. The lowest BCUT2D eigenvalue weighted by molar-refractivity contribution is -0.121. The van der Waals surface area contributed by atoms with E-state index >= 15 is 0 Å². The van der Waals surface area contributed by atoms with Crippen LogP contribution in [0.1, 0.15) is 17.5 Å². The van der Waals surface area contributed by atoms with Crippen LogP contribution in [0.3, 0.4) is 0 Å². The topological polar surface area (TPSA) is 44.9 Å². The number of H-pyrrole nitrogens is 1. The van der Waals surface area contributed by atoms with E-state index in [4.69, 9.17) is 23.2 Å². The van der Waals surface area contributed by atoms with Crippen molar-refractivity contribution < 1.29 is 4.79 Å². The lowest BCUT2D eigenvalue weighted by Crippen LogP contribution is -2.25. The summed E-state index contributed by atoms with van der Waals surface area (Å²) in [6, 6.07) is 13.5. The minimum absolute atomic E-state index is 0.0466. The molecular weight excluding hydrogens is 343 g/mol. The number of carbonyl (C=O) groups excluding carboxylic acids is 1. The molecule has 2 aromatic carbocycles. The summed E-state index contributed by atoms with van der Waals surface area (Å²) >= 11 is 12.0. The standard InChI is InChI=1S/C19H18Cl2N2O/c20-15-7-5-13(17(21)11-15)9-10-22-19(24)8-6-14-12-23-18-4-2-1-3-16(14)18/h1-5,7,11-12,23H,6,8-10H2,(H,22,24). The monoisotopic (exact) mass is 360 g/mol. The Kier molecular flexibility index (Phi) is 5.44. The van der Waals surface area contributed by atoms with Gasteiger partial charge in [0, 0.05) is 40.1 Å². The molecule has 0 saturated heterocycles. The number of aromatic amines is 1. The van der Waals surface area contributed by atoms with Gasteiger partial charge in [-0.2, -0.15) is 0 Å². The van der Waals surface area contributed by atoms with E-state index in [-0.39, 0.29) is 5.91 Å². The van der Waals surface area contributed by atoms with Gasteiger partial charge < -0.3 is 10.3 Å². The van der Waals surface area contributed by atoms with Crippen LogP contribution in [0.4, 0.5) is 0 Å². The molecule has 3 aromatic rings. The number of para-hydroxylation sites is 1. The largest absolute Gasteiger partial charge is 0.361 e. The SMILES string of the molecule is O=C(CCc1c[nH]c2ccccc12)NCCc1ccc(Cl)cc1Cl. The lowest BCUT2D eigenvalue weighted by Gasteiger charge is -2.07. The van der Waals surface area contributed by atoms with Crippen molar-refractivity contribution in [3.05, 3.63) is 69.8 Å². The van der Waals surface area contributed by atoms with Gasteiger partial charge in [0.15, 0.2) is 0 Å². The van der Waals surface area contributed by atoms with Gasteiger partial charge in [0.05, 0.1) is 0 Å². The quantitative estimate of drug-likeness (QED) is 0.653. The van der Waals surface area contributed by atoms with E-state index in [1.165, 1.54) is 10.9 Å². The zero-order valence-corrected chi connectivity index (χ0v) is 14.6. The Morgan fingerprint density at radius 1 is 1.04 bits per heavy atom. The molecule has 1 amide bonds. The smallest absolute Gasteiger partial charge is 0.220 e. The molecule has 0 unspecified atom stereocenters. The van der Waals surface area contributed by atoms with Gasteiger partial charge in [-0.05, 0) is 42.2 Å². The van der Waals surface area contributed by atoms with Crippen LogP contribution in [0.25, 0.3) is 10.9 Å². The first-order chi connectivity index (χ1) is 11.6. The number of hydrogen-bond acceptors (Lipinski definition) is 1. The number of nitrogens with one attached hydrogen (secondary N) is 2. The van der Waals surface area contributed by atoms with Gasteiger partial charge in [-0.25, -0.2) is 0 Å². The minimum Gasteiger partial charge on any atom is -0.361 e. The van der Waals surface area contributed by atoms with Crippen LogP contribution in [0.2, 0.25) is 10.0 Å². The van der Waals surface area contributed by atoms with Crippen molar-refractivity contribution in [1.82, 2.24) is 10.3 Å². The Bertz CT molecular complexity index is 857. The highest BCUT2D eigenvalue weighted by Gasteiger charge is 2.07. The van der Waals surface area contributed by atoms with Gasteiger partial charge in [-0.3, -0.25) is 4.79 Å². The summed E-state index contributed by atoms with van der Waals surface area (Å²) in [5, 5.41) is 5.37. The van der Waals surface area contributed by atoms with Crippen LogP contribution in [-0.2, 0) is 17.6 Å². The van der Waals surface area contributed by atoms with E-state index in [0.717, 1.165) is 17.5 Å². The number of carbonyl (C=O) groups is 1. The van der Waals surface area contributed by atoms with Crippen molar-refractivity contribution in [2.75, 3.05) is 6.54 Å². The molecule has 0 radical (unpaired) electrons. The Balaban J connectivity index is 1.47. The molecule has 1 aromatic heterocycles. The third kappa shape index (κ3) is 4.11. The van der Waals surface area contributed by atoms with E-state index in [1.807, 2.05) is 36.5 Å². The van der Waals surface area contributed by atoms with Crippen molar-refractivity contribution in [1.29, 1.82) is 0 Å². The zero-order chi connectivity index (χ0) is 16.9. The second-order valence-electron chi connectivity index (χ2n) is 5.70. The number of amides is 1. The molecule has 3 rings (SSSR count). The van der Waals surface area contributed by atoms with Gasteiger partial charge in [0.2, 0.25) is 5.91 Å². The maximum absolute atomic E-state index is 12.0. The molecule has 0 aliphatic carbocycles. The normalized spacial score (nSPS) is 10.9. The highest BCUT2D eigenvalue weighted by atomic mass is 35.5. The van der Waals surface area contributed by atoms with E-state index < -0.39 is 0 Å². The Hall–Kier alpha value is -1.97. The fourth-order valence-electron chi connectivity index (χ4n) is 2.74. The first kappa shape index (κ1) is 16.9. The number of halogens is 2. The van der Waals surface area contributed by atoms with Crippen LogP contribution >= 0.6 is 23.2 Å². The van der Waals surface area contributed by atoms with Gasteiger partial charge in [0.1, 0.15) is 0 Å². The molecule has 0 saturated carbocycles. The molecule has 124 valence electrons. The molecule has 0 fully saturated rings. The first-order valence-corrected chi connectivity index (χ1v) is 8.64. The number of benzene rings is 2. The lowest BCUT2D eigenvalue weighted by atomic mass is 10.1. The second kappa shape index (κ2) is 7.73. The summed E-state index contributed by atoms with van der Waals surface area (Å²) < 4.78 is 0. The molecule has 0 aliphatic heterocycles. The van der Waals surface area contributed by atoms with Crippen molar-refractivity contribution >= 4 is 40.0 Å². The van der Waals surface area contributed by atoms with E-state index in [2.05, 4.69) is 16.4 Å². The summed E-state index contributed by atoms with van der Waals surface area (Å²) in [5.41, 5.74) is 3.25. The molecule has 0 atom stereocenters. The highest BCUT2D eigenvalue weighted by Crippen LogP contribution is 2.21. The third-order valence-electron chi connectivity index (χ3n) is 4.03. The van der Waals surface area contributed by atoms with Gasteiger partial charge >= 0.3 is 0 Å². The van der Waals surface area contributed by atoms with E-state index in [9.17, 15) is 4.79 Å². The summed E-state index contributed by atoms with van der Waals surface area (Å²) in [4.78, 5) is 15.3. The maximum atomic E-state index is 12.0. The average molecular weight is 361 g/mol. The number of hydrogen-bond donors (Lipinski definition) is 2. The average Bonchev–Trinajstić information content (AvgIpc) is 2.98. The minimum atomic E-state index is 0.0466. The molecule has 0 aliphatic rings. The molecule has 1 heterocycles. The predicted octanol–water partition coefficient (Wildman–Crippen LogP) is 4.77. The summed E-state index contributed by atoms with van der Waals surface area (Å²) in [7, 11) is 0. The van der Waals surface area contributed by atoms with Crippen molar-refractivity contribution in [3.8, 4) is 0 Å². The molecular formula is C19H18Cl2N2O. The van der Waals surface area contributed by atoms with Crippen molar-refractivity contribution in [2.24, 2.45) is 0 Å². The fourth-order valence-corrected chi connectivity index (χ4v) is 3.24. The van der Waals surface area contributed by atoms with Crippen LogP contribution in [-0.4, -0.2) is 17.4 Å². The van der Waals surface area contributed by atoms with Crippen molar-refractivity contribution in [3.63, 3.8) is 0 Å². The third-order valence-corrected chi connectivity index (χ3v) is 4.61. The van der Waals surface area contributed by atoms with E-state index in [1.54, 1.807) is 6.07 Å². The van der Waals surface area contributed by atoms with E-state index in [0.29, 0.717) is 29.4 Å². The summed E-state index contributed by atoms with van der Waals surface area (Å²) in [6.45, 7) is 0.564. The highest BCUT2D eigenvalue weighted by molar-refractivity contribution is 6.35. The van der Waals surface area contributed by atoms with Gasteiger partial charge in [-0.15, -0.1) is 0 Å². The molecule has 0 spiro atoms. The predicted molar refractivity (Wildman–Crippen MR) is 99.8 cm³/mol. The Labute approximate surface area is 151 Å². The van der Waals surface area contributed by atoms with Crippen LogP contribution in [0, 0.1) is 0 Å². The maximum Gasteiger partial charge on any atom is 0.220 e. The summed E-state index contributed by atoms with van der Waals surface area (Å²) in [6.07, 6.45) is 3.86. The Morgan fingerprint density at radius 3 is 2.71 bits per heavy atom. The molecule has 24 heavy (non-hydrogen) atoms. The molecule has 2 N–H and O–H groups in total. The molecule has 0 bridgehead atoms. The summed E-state index contributed by atoms with van der Waals surface area (Å²) in [5.74, 6) is 0.0466. The van der Waals surface area contributed by atoms with Gasteiger partial charge in [0.25, 0.3) is 0 Å². The van der Waals surface area contributed by atoms with Crippen molar-refractivity contribution in [2.45, 2.75) is 19.3 Å². The first-order valence-electron chi connectivity index (χ1n) is 7.89. The second-order valence-corrected chi connectivity index (χ2v) is 6.54. The van der Waals surface area contributed by atoms with Gasteiger partial charge in [-0.1, -0.05) is 47.5 Å². The van der Waals surface area contributed by atoms with Crippen LogP contribution in [0.15, 0.2) is 48.7 Å². The van der Waals surface area contributed by atoms with Crippen LogP contribution in [0.5, 0.6) is 0 Å². The molecule has 5 heteroatoms. The zero-order valence-electron chi connectivity index (χ0n) is 13.1. The Morgan fingerprint density at radius 2 is 1.88 bits per heavy atom. The molecule has 3 nitrogen and oxygen atoms in total. The van der Waals surface area contributed by atoms with Crippen LogP contribution < -0.4 is 5.32 Å². The number of rotatable bonds is 6.